The predicted molar refractivity (Wildman–Crippen MR) is 139 cm³/mol. The third-order valence-corrected chi connectivity index (χ3v) is 5.64. The molecule has 0 fully saturated rings. The van der Waals surface area contributed by atoms with E-state index in [2.05, 4.69) is 6.58 Å². The van der Waals surface area contributed by atoms with Crippen LogP contribution in [0.5, 0.6) is 0 Å². The average molecular weight is 487 g/mol. The van der Waals surface area contributed by atoms with Crippen LogP contribution in [0.25, 0.3) is 0 Å². The molecule has 0 saturated carbocycles. The second kappa shape index (κ2) is 10.4. The monoisotopic (exact) mass is 486 g/mol. The highest BCUT2D eigenvalue weighted by atomic mass is 35.5. The largest absolute Gasteiger partial charge is 0.268 e. The number of hydrogen-bond acceptors (Lipinski definition) is 2. The van der Waals surface area contributed by atoms with Crippen LogP contribution in [0.15, 0.2) is 122 Å². The molecule has 4 aromatic rings. The molecule has 168 valence electrons. The minimum Gasteiger partial charge on any atom is -0.268 e. The number of rotatable bonds is 6. The fourth-order valence-electron chi connectivity index (χ4n) is 3.47. The molecule has 4 aromatic carbocycles. The van der Waals surface area contributed by atoms with Crippen LogP contribution in [-0.2, 0) is 0 Å². The first kappa shape index (κ1) is 23.3. The first-order valence-electron chi connectivity index (χ1n) is 10.4. The molecule has 0 N–H and O–H groups in total. The molecule has 34 heavy (non-hydrogen) atoms. The van der Waals surface area contributed by atoms with Crippen molar-refractivity contribution in [3.05, 3.63) is 143 Å². The molecule has 0 aliphatic heterocycles. The SMILES string of the molecule is C=C(N(C(=O)c1ccccc1)c1ccc(Cl)cc1)N(C(=O)c1ccccc1)c1ccc(Cl)cc1. The molecule has 0 aliphatic carbocycles. The number of hydrogen-bond donors (Lipinski definition) is 0. The Kier molecular flexibility index (Phi) is 7.12. The summed E-state index contributed by atoms with van der Waals surface area (Å²) in [6.07, 6.45) is 0. The number of amides is 2. The van der Waals surface area contributed by atoms with Gasteiger partial charge < -0.3 is 0 Å². The third kappa shape index (κ3) is 5.04. The standard InChI is InChI=1S/C28H20Cl2N2O2/c1-20(31(25-16-12-23(29)13-17-25)27(33)21-8-4-2-5-9-21)32(26-18-14-24(30)15-19-26)28(34)22-10-6-3-7-11-22/h2-19H,1H2. The normalized spacial score (nSPS) is 10.4. The summed E-state index contributed by atoms with van der Waals surface area (Å²) in [5.41, 5.74) is 1.93. The Bertz CT molecular complexity index is 1200. The summed E-state index contributed by atoms with van der Waals surface area (Å²) in [4.78, 5) is 30.2. The van der Waals surface area contributed by atoms with Gasteiger partial charge in [0, 0.05) is 21.2 Å². The number of benzene rings is 4. The molecule has 0 aromatic heterocycles. The summed E-state index contributed by atoms with van der Waals surface area (Å²) in [6.45, 7) is 4.19. The lowest BCUT2D eigenvalue weighted by Gasteiger charge is -2.33. The molecule has 0 atom stereocenters. The third-order valence-electron chi connectivity index (χ3n) is 5.13. The van der Waals surface area contributed by atoms with Gasteiger partial charge in [-0.05, 0) is 72.8 Å². The number of halogens is 2. The van der Waals surface area contributed by atoms with Crippen LogP contribution in [-0.4, -0.2) is 11.8 Å². The van der Waals surface area contributed by atoms with Crippen molar-refractivity contribution in [2.75, 3.05) is 9.80 Å². The van der Waals surface area contributed by atoms with Gasteiger partial charge in [-0.1, -0.05) is 66.2 Å². The van der Waals surface area contributed by atoms with Gasteiger partial charge in [0.15, 0.2) is 0 Å². The van der Waals surface area contributed by atoms with E-state index in [0.717, 1.165) is 0 Å². The van der Waals surface area contributed by atoms with Crippen LogP contribution >= 0.6 is 23.2 Å². The quantitative estimate of drug-likeness (QED) is 0.283. The van der Waals surface area contributed by atoms with Crippen molar-refractivity contribution in [2.45, 2.75) is 0 Å². The minimum atomic E-state index is -0.340. The number of carbonyl (C=O) groups excluding carboxylic acids is 2. The highest BCUT2D eigenvalue weighted by Gasteiger charge is 2.29. The molecule has 0 aliphatic rings. The molecule has 0 radical (unpaired) electrons. The van der Waals surface area contributed by atoms with Crippen molar-refractivity contribution in [1.29, 1.82) is 0 Å². The lowest BCUT2D eigenvalue weighted by atomic mass is 10.1. The van der Waals surface area contributed by atoms with Crippen molar-refractivity contribution in [2.24, 2.45) is 0 Å². The fourth-order valence-corrected chi connectivity index (χ4v) is 3.72. The van der Waals surface area contributed by atoms with Gasteiger partial charge in [-0.2, -0.15) is 0 Å². The van der Waals surface area contributed by atoms with Crippen LogP contribution in [0.3, 0.4) is 0 Å². The molecular formula is C28H20Cl2N2O2. The second-order valence-corrected chi connectivity index (χ2v) is 8.26. The maximum atomic E-state index is 13.7. The van der Waals surface area contributed by atoms with Crippen molar-refractivity contribution >= 4 is 46.4 Å². The van der Waals surface area contributed by atoms with Crippen LogP contribution < -0.4 is 9.80 Å². The van der Waals surface area contributed by atoms with Crippen LogP contribution in [0.4, 0.5) is 11.4 Å². The van der Waals surface area contributed by atoms with Gasteiger partial charge in [-0.25, -0.2) is 0 Å². The molecule has 0 unspecified atom stereocenters. The molecular weight excluding hydrogens is 467 g/mol. The summed E-state index contributed by atoms with van der Waals surface area (Å²) in [7, 11) is 0. The highest BCUT2D eigenvalue weighted by molar-refractivity contribution is 6.31. The van der Waals surface area contributed by atoms with E-state index in [1.807, 2.05) is 12.1 Å². The zero-order valence-corrected chi connectivity index (χ0v) is 19.6. The molecule has 4 nitrogen and oxygen atoms in total. The van der Waals surface area contributed by atoms with Gasteiger partial charge >= 0.3 is 0 Å². The lowest BCUT2D eigenvalue weighted by molar-refractivity contribution is 0.0983. The Balaban J connectivity index is 1.85. The minimum absolute atomic E-state index is 0.160. The van der Waals surface area contributed by atoms with E-state index in [1.165, 1.54) is 9.80 Å². The zero-order valence-electron chi connectivity index (χ0n) is 18.1. The van der Waals surface area contributed by atoms with Gasteiger partial charge in [-0.3, -0.25) is 19.4 Å². The highest BCUT2D eigenvalue weighted by Crippen LogP contribution is 2.30. The summed E-state index contributed by atoms with van der Waals surface area (Å²) in [5.74, 6) is -0.521. The summed E-state index contributed by atoms with van der Waals surface area (Å²) >= 11 is 12.2. The second-order valence-electron chi connectivity index (χ2n) is 7.38. The van der Waals surface area contributed by atoms with E-state index in [-0.39, 0.29) is 17.6 Å². The van der Waals surface area contributed by atoms with E-state index in [4.69, 9.17) is 23.2 Å². The van der Waals surface area contributed by atoms with Gasteiger partial charge in [0.1, 0.15) is 5.82 Å². The molecule has 0 saturated heterocycles. The van der Waals surface area contributed by atoms with E-state index >= 15 is 0 Å². The maximum Gasteiger partial charge on any atom is 0.263 e. The lowest BCUT2D eigenvalue weighted by Crippen LogP contribution is -2.42. The van der Waals surface area contributed by atoms with E-state index in [0.29, 0.717) is 32.5 Å². The van der Waals surface area contributed by atoms with Crippen LogP contribution in [0.2, 0.25) is 10.0 Å². The summed E-state index contributed by atoms with van der Waals surface area (Å²) < 4.78 is 0. The Morgan fingerprint density at radius 1 is 0.529 bits per heavy atom. The molecule has 2 amide bonds. The summed E-state index contributed by atoms with van der Waals surface area (Å²) in [5, 5.41) is 1.05. The van der Waals surface area contributed by atoms with Crippen molar-refractivity contribution < 1.29 is 9.59 Å². The number of carbonyl (C=O) groups is 2. The van der Waals surface area contributed by atoms with Gasteiger partial charge in [0.2, 0.25) is 0 Å². The van der Waals surface area contributed by atoms with Gasteiger partial charge in [0.05, 0.1) is 11.4 Å². The van der Waals surface area contributed by atoms with Crippen molar-refractivity contribution in [3.63, 3.8) is 0 Å². The Morgan fingerprint density at radius 2 is 0.853 bits per heavy atom. The topological polar surface area (TPSA) is 40.6 Å². The van der Waals surface area contributed by atoms with Crippen LogP contribution in [0.1, 0.15) is 20.7 Å². The van der Waals surface area contributed by atoms with E-state index < -0.39 is 0 Å². The molecule has 4 rings (SSSR count). The Hall–Kier alpha value is -3.86. The number of anilines is 2. The molecule has 0 heterocycles. The number of nitrogens with zero attached hydrogens (tertiary/aromatic N) is 2. The fraction of sp³-hybridized carbons (Fsp3) is 0. The smallest absolute Gasteiger partial charge is 0.263 e. The summed E-state index contributed by atoms with van der Waals surface area (Å²) in [6, 6.07) is 31.2. The Labute approximate surface area is 208 Å². The maximum absolute atomic E-state index is 13.7. The first-order valence-corrected chi connectivity index (χ1v) is 11.2. The van der Waals surface area contributed by atoms with E-state index in [9.17, 15) is 9.59 Å². The van der Waals surface area contributed by atoms with E-state index in [1.54, 1.807) is 97.1 Å². The zero-order chi connectivity index (χ0) is 24.1. The van der Waals surface area contributed by atoms with Crippen LogP contribution in [0, 0.1) is 0 Å². The van der Waals surface area contributed by atoms with Crippen molar-refractivity contribution in [1.82, 2.24) is 0 Å². The first-order chi connectivity index (χ1) is 16.5. The average Bonchev–Trinajstić information content (AvgIpc) is 2.87. The molecule has 0 bridgehead atoms. The van der Waals surface area contributed by atoms with Gasteiger partial charge in [-0.15, -0.1) is 0 Å². The molecule has 6 heteroatoms. The van der Waals surface area contributed by atoms with Crippen molar-refractivity contribution in [3.8, 4) is 0 Å². The Morgan fingerprint density at radius 3 is 1.18 bits per heavy atom. The molecule has 0 spiro atoms. The van der Waals surface area contributed by atoms with Gasteiger partial charge in [0.25, 0.3) is 11.8 Å². The predicted octanol–water partition coefficient (Wildman–Crippen LogP) is 7.46.